The summed E-state index contributed by atoms with van der Waals surface area (Å²) in [6, 6.07) is 7.71. The second-order valence-corrected chi connectivity index (χ2v) is 12.2. The number of phenols is 1. The van der Waals surface area contributed by atoms with Gasteiger partial charge in [0.2, 0.25) is 5.82 Å². The molecule has 9 nitrogen and oxygen atoms in total. The standard InChI is InChI=1S/C29H17Cl2F5N4O5/c1-37-26(44)38-9-8-14-15(40(38)27(37)45)10-28(30)24(42)39(23-21(35)19(33)18(32)20(34)22(23)36)25(43)29(28,31)17(14)13-6-7-16(41)12-5-3-2-4-11(12)13/h2-8,15,17,41H,9-10H2,1H3/t15-,17+,28-,29+/m1/s1. The lowest BCUT2D eigenvalue weighted by Gasteiger charge is -2.49. The zero-order valence-corrected chi connectivity index (χ0v) is 24.1. The van der Waals surface area contributed by atoms with Crippen LogP contribution in [0.15, 0.2) is 57.6 Å². The smallest absolute Gasteiger partial charge is 0.347 e. The Balaban J connectivity index is 1.56. The van der Waals surface area contributed by atoms with Gasteiger partial charge in [-0.15, -0.1) is 23.2 Å². The summed E-state index contributed by atoms with van der Waals surface area (Å²) in [5, 5.41) is 11.2. The van der Waals surface area contributed by atoms with Gasteiger partial charge in [-0.2, -0.15) is 0 Å². The molecule has 16 heteroatoms. The Morgan fingerprint density at radius 3 is 2.07 bits per heavy atom. The summed E-state index contributed by atoms with van der Waals surface area (Å²) in [6.45, 7) is -0.195. The molecule has 1 N–H and O–H groups in total. The first-order valence-electron chi connectivity index (χ1n) is 13.3. The van der Waals surface area contributed by atoms with Gasteiger partial charge in [0, 0.05) is 24.8 Å². The predicted molar refractivity (Wildman–Crippen MR) is 150 cm³/mol. The maximum Gasteiger partial charge on any atom is 0.347 e. The molecule has 2 fully saturated rings. The molecule has 0 unspecified atom stereocenters. The zero-order chi connectivity index (χ0) is 32.5. The molecule has 3 heterocycles. The molecule has 7 rings (SSSR count). The highest BCUT2D eigenvalue weighted by Gasteiger charge is 2.76. The quantitative estimate of drug-likeness (QED) is 0.0866. The van der Waals surface area contributed by atoms with E-state index in [4.69, 9.17) is 23.2 Å². The molecule has 2 amide bonds. The Bertz CT molecular complexity index is 2180. The number of allylic oxidation sites excluding steroid dienone is 2. The topological polar surface area (TPSA) is 107 Å². The molecule has 1 saturated heterocycles. The van der Waals surface area contributed by atoms with Gasteiger partial charge in [0.05, 0.1) is 12.6 Å². The number of carbonyl (C=O) groups excluding carboxylic acids is 2. The number of hydrogen-bond acceptors (Lipinski definition) is 5. The minimum atomic E-state index is -2.69. The molecule has 232 valence electrons. The van der Waals surface area contributed by atoms with E-state index in [0.717, 1.165) is 13.9 Å². The Hall–Kier alpha value is -4.43. The fourth-order valence-corrected chi connectivity index (χ4v) is 7.75. The lowest BCUT2D eigenvalue weighted by molar-refractivity contribution is -0.122. The first-order chi connectivity index (χ1) is 21.2. The molecule has 0 spiro atoms. The van der Waals surface area contributed by atoms with E-state index < -0.39 is 86.1 Å². The summed E-state index contributed by atoms with van der Waals surface area (Å²) in [5.41, 5.74) is -3.01. The van der Waals surface area contributed by atoms with Crippen molar-refractivity contribution in [3.63, 3.8) is 0 Å². The summed E-state index contributed by atoms with van der Waals surface area (Å²) in [7, 11) is 1.22. The molecule has 1 aromatic heterocycles. The molecular formula is C29H17Cl2F5N4O5. The predicted octanol–water partition coefficient (Wildman–Crippen LogP) is 4.10. The highest BCUT2D eigenvalue weighted by atomic mass is 35.5. The van der Waals surface area contributed by atoms with E-state index >= 15 is 8.78 Å². The summed E-state index contributed by atoms with van der Waals surface area (Å²) in [4.78, 5) is 49.0. The molecule has 2 aliphatic heterocycles. The SMILES string of the molecule is Cn1c(=O)n2n(c1=O)[C@@H]1C[C@@]3(Cl)C(=O)N(c4c(F)c(F)c(F)c(F)c4F)C(=O)[C@@]3(Cl)[C@@H](c3ccc(O)c4ccccc34)C1=CC2. The van der Waals surface area contributed by atoms with Crippen LogP contribution < -0.4 is 16.3 Å². The van der Waals surface area contributed by atoms with Gasteiger partial charge < -0.3 is 5.11 Å². The third-order valence-corrected chi connectivity index (χ3v) is 10.3. The van der Waals surface area contributed by atoms with Gasteiger partial charge in [0.15, 0.2) is 33.0 Å². The van der Waals surface area contributed by atoms with Crippen LogP contribution in [-0.4, -0.2) is 40.6 Å². The number of carbonyl (C=O) groups is 2. The van der Waals surface area contributed by atoms with E-state index in [1.54, 1.807) is 24.3 Å². The summed E-state index contributed by atoms with van der Waals surface area (Å²) in [5.74, 6) is -17.2. The number of rotatable bonds is 2. The third-order valence-electron chi connectivity index (χ3n) is 8.93. The van der Waals surface area contributed by atoms with E-state index in [1.165, 1.54) is 25.3 Å². The Morgan fingerprint density at radius 1 is 0.822 bits per heavy atom. The zero-order valence-electron chi connectivity index (χ0n) is 22.6. The average Bonchev–Trinajstić information content (AvgIpc) is 3.33. The number of benzene rings is 3. The highest BCUT2D eigenvalue weighted by molar-refractivity contribution is 6.58. The maximum absolute atomic E-state index is 15.1. The number of hydrogen-bond donors (Lipinski definition) is 1. The van der Waals surface area contributed by atoms with Crippen molar-refractivity contribution in [3.05, 3.63) is 104 Å². The van der Waals surface area contributed by atoms with Crippen LogP contribution in [0.5, 0.6) is 5.75 Å². The van der Waals surface area contributed by atoms with Gasteiger partial charge >= 0.3 is 11.4 Å². The van der Waals surface area contributed by atoms with E-state index in [0.29, 0.717) is 5.39 Å². The second-order valence-electron chi connectivity index (χ2n) is 11.0. The number of halogens is 7. The van der Waals surface area contributed by atoms with Crippen molar-refractivity contribution in [2.75, 3.05) is 4.90 Å². The fraction of sp³-hybridized carbons (Fsp3) is 0.241. The normalized spacial score (nSPS) is 25.8. The second kappa shape index (κ2) is 9.30. The van der Waals surface area contributed by atoms with Crippen molar-refractivity contribution in [1.82, 2.24) is 13.9 Å². The molecule has 45 heavy (non-hydrogen) atoms. The van der Waals surface area contributed by atoms with E-state index in [-0.39, 0.29) is 33.7 Å². The van der Waals surface area contributed by atoms with Crippen molar-refractivity contribution in [3.8, 4) is 5.75 Å². The number of aromatic hydroxyl groups is 1. The number of imide groups is 1. The maximum atomic E-state index is 15.1. The lowest BCUT2D eigenvalue weighted by atomic mass is 9.63. The van der Waals surface area contributed by atoms with Crippen LogP contribution in [0.4, 0.5) is 27.6 Å². The van der Waals surface area contributed by atoms with Gasteiger partial charge in [0.1, 0.15) is 11.4 Å². The number of alkyl halides is 2. The number of phenolic OH excluding ortho intramolecular Hbond substituents is 1. The summed E-state index contributed by atoms with van der Waals surface area (Å²) < 4.78 is 75.7. The van der Waals surface area contributed by atoms with Crippen molar-refractivity contribution >= 4 is 51.5 Å². The molecule has 3 aliphatic rings. The Morgan fingerprint density at radius 2 is 1.42 bits per heavy atom. The minimum absolute atomic E-state index is 0.176. The lowest BCUT2D eigenvalue weighted by Crippen LogP contribution is -2.59. The molecule has 4 atom stereocenters. The van der Waals surface area contributed by atoms with E-state index in [9.17, 15) is 37.5 Å². The van der Waals surface area contributed by atoms with Crippen molar-refractivity contribution in [1.29, 1.82) is 0 Å². The Kier molecular flexibility index (Phi) is 6.05. The number of anilines is 1. The molecule has 0 radical (unpaired) electrons. The third kappa shape index (κ3) is 3.38. The van der Waals surface area contributed by atoms with Crippen LogP contribution in [0.25, 0.3) is 10.8 Å². The molecule has 1 aliphatic carbocycles. The Labute approximate surface area is 257 Å². The van der Waals surface area contributed by atoms with Gasteiger partial charge in [-0.25, -0.2) is 50.4 Å². The van der Waals surface area contributed by atoms with Gasteiger partial charge in [0.25, 0.3) is 11.8 Å². The number of aromatic nitrogens is 3. The van der Waals surface area contributed by atoms with Gasteiger partial charge in [-0.1, -0.05) is 36.4 Å². The monoisotopic (exact) mass is 666 g/mol. The van der Waals surface area contributed by atoms with E-state index in [2.05, 4.69) is 0 Å². The number of amides is 2. The van der Waals surface area contributed by atoms with Crippen molar-refractivity contribution < 1.29 is 36.6 Å². The van der Waals surface area contributed by atoms with Crippen LogP contribution in [0, 0.1) is 29.1 Å². The first kappa shape index (κ1) is 29.3. The van der Waals surface area contributed by atoms with Crippen LogP contribution in [0.1, 0.15) is 23.9 Å². The highest BCUT2D eigenvalue weighted by Crippen LogP contribution is 2.64. The van der Waals surface area contributed by atoms with Crippen LogP contribution in [0.3, 0.4) is 0 Å². The van der Waals surface area contributed by atoms with E-state index in [1.807, 2.05) is 0 Å². The van der Waals surface area contributed by atoms with Crippen molar-refractivity contribution in [2.45, 2.75) is 34.7 Å². The first-order valence-corrected chi connectivity index (χ1v) is 14.0. The summed E-state index contributed by atoms with van der Waals surface area (Å²) in [6.07, 6.45) is 0.799. The van der Waals surface area contributed by atoms with Crippen LogP contribution in [-0.2, 0) is 23.2 Å². The molecular weight excluding hydrogens is 650 g/mol. The van der Waals surface area contributed by atoms with Gasteiger partial charge in [-0.05, 0) is 22.6 Å². The van der Waals surface area contributed by atoms with Crippen LogP contribution >= 0.6 is 23.2 Å². The minimum Gasteiger partial charge on any atom is -0.507 e. The fourth-order valence-electron chi connectivity index (χ4n) is 6.84. The molecule has 1 saturated carbocycles. The molecule has 4 aromatic rings. The number of fused-ring (bicyclic) bond motifs is 5. The van der Waals surface area contributed by atoms with Crippen LogP contribution in [0.2, 0.25) is 0 Å². The molecule has 3 aromatic carbocycles. The number of nitrogens with zero attached hydrogens (tertiary/aromatic N) is 4. The largest absolute Gasteiger partial charge is 0.507 e. The molecule has 0 bridgehead atoms. The summed E-state index contributed by atoms with van der Waals surface area (Å²) >= 11 is 14.2. The van der Waals surface area contributed by atoms with Crippen molar-refractivity contribution in [2.24, 2.45) is 7.05 Å². The average molecular weight is 667 g/mol. The van der Waals surface area contributed by atoms with Gasteiger partial charge in [-0.3, -0.25) is 9.59 Å².